The summed E-state index contributed by atoms with van der Waals surface area (Å²) in [4.78, 5) is 25.1. The first-order valence-electron chi connectivity index (χ1n) is 9.97. The van der Waals surface area contributed by atoms with Crippen molar-refractivity contribution in [1.82, 2.24) is 24.1 Å². The Kier molecular flexibility index (Phi) is 5.15. The molecule has 3 aromatic heterocycles. The first-order chi connectivity index (χ1) is 15.7. The van der Waals surface area contributed by atoms with Crippen molar-refractivity contribution in [3.8, 4) is 11.5 Å². The van der Waals surface area contributed by atoms with Crippen molar-refractivity contribution in [2.45, 2.75) is 0 Å². The van der Waals surface area contributed by atoms with Crippen LogP contribution in [0, 0.1) is 0 Å². The fourth-order valence-electron chi connectivity index (χ4n) is 3.23. The summed E-state index contributed by atoms with van der Waals surface area (Å²) in [7, 11) is 0. The molecule has 0 aliphatic carbocycles. The highest BCUT2D eigenvalue weighted by Crippen LogP contribution is 2.19. The number of nitrogens with one attached hydrogen (secondary N) is 2. The number of hydrogen-bond donors (Lipinski definition) is 2. The van der Waals surface area contributed by atoms with E-state index in [1.807, 2.05) is 89.9 Å². The number of rotatable bonds is 6. The number of hydrogen-bond acceptors (Lipinski definition) is 5. The van der Waals surface area contributed by atoms with Crippen LogP contribution in [0.5, 0.6) is 0 Å². The molecule has 0 radical (unpaired) electrons. The van der Waals surface area contributed by atoms with Gasteiger partial charge in [0.25, 0.3) is 5.91 Å². The molecule has 5 rings (SSSR count). The predicted octanol–water partition coefficient (Wildman–Crippen LogP) is 4.45. The number of anilines is 3. The smallest absolute Gasteiger partial charge is 0.255 e. The molecule has 32 heavy (non-hydrogen) atoms. The summed E-state index contributed by atoms with van der Waals surface area (Å²) in [5.41, 5.74) is 3.14. The van der Waals surface area contributed by atoms with Crippen molar-refractivity contribution >= 4 is 23.1 Å². The van der Waals surface area contributed by atoms with Gasteiger partial charge in [-0.3, -0.25) is 9.36 Å². The van der Waals surface area contributed by atoms with Crippen LogP contribution < -0.4 is 10.6 Å². The maximum absolute atomic E-state index is 12.6. The Bertz CT molecular complexity index is 1310. The standard InChI is InChI=1S/C24H19N7O/c32-24(18-3-9-21(10-4-18)30-12-1-2-13-30)29-20-7-5-19(6-8-20)28-22-15-23(27-16-26-22)31-14-11-25-17-31/h1-17H,(H,29,32)(H,26,27,28). The third-order valence-electron chi connectivity index (χ3n) is 4.87. The molecule has 156 valence electrons. The van der Waals surface area contributed by atoms with Gasteiger partial charge in [-0.15, -0.1) is 0 Å². The minimum atomic E-state index is -0.162. The van der Waals surface area contributed by atoms with Crippen molar-refractivity contribution in [3.05, 3.63) is 110 Å². The van der Waals surface area contributed by atoms with Gasteiger partial charge in [0.15, 0.2) is 0 Å². The van der Waals surface area contributed by atoms with Gasteiger partial charge in [-0.25, -0.2) is 15.0 Å². The average molecular weight is 421 g/mol. The van der Waals surface area contributed by atoms with Gasteiger partial charge in [-0.05, 0) is 60.7 Å². The molecular weight excluding hydrogens is 402 g/mol. The topological polar surface area (TPSA) is 89.7 Å². The summed E-state index contributed by atoms with van der Waals surface area (Å²) in [5.74, 6) is 1.21. The highest BCUT2D eigenvalue weighted by molar-refractivity contribution is 6.04. The highest BCUT2D eigenvalue weighted by Gasteiger charge is 2.07. The summed E-state index contributed by atoms with van der Waals surface area (Å²) >= 11 is 0. The lowest BCUT2D eigenvalue weighted by atomic mass is 10.2. The van der Waals surface area contributed by atoms with Crippen molar-refractivity contribution in [3.63, 3.8) is 0 Å². The van der Waals surface area contributed by atoms with Gasteiger partial charge < -0.3 is 15.2 Å². The second-order valence-corrected chi connectivity index (χ2v) is 7.03. The lowest BCUT2D eigenvalue weighted by molar-refractivity contribution is 0.102. The Morgan fingerprint density at radius 1 is 0.812 bits per heavy atom. The molecule has 0 spiro atoms. The lowest BCUT2D eigenvalue weighted by Gasteiger charge is -2.10. The fourth-order valence-corrected chi connectivity index (χ4v) is 3.23. The van der Waals surface area contributed by atoms with Crippen LogP contribution in [-0.4, -0.2) is 30.0 Å². The van der Waals surface area contributed by atoms with Crippen molar-refractivity contribution in [2.75, 3.05) is 10.6 Å². The molecule has 1 amide bonds. The van der Waals surface area contributed by atoms with Gasteiger partial charge in [0, 0.05) is 53.5 Å². The zero-order valence-corrected chi connectivity index (χ0v) is 17.0. The van der Waals surface area contributed by atoms with Crippen LogP contribution in [0.3, 0.4) is 0 Å². The SMILES string of the molecule is O=C(Nc1ccc(Nc2cc(-n3ccnc3)ncn2)cc1)c1ccc(-n2cccc2)cc1. The number of benzene rings is 2. The minimum absolute atomic E-state index is 0.162. The van der Waals surface area contributed by atoms with Gasteiger partial charge in [0.2, 0.25) is 0 Å². The molecule has 0 aliphatic rings. The molecular formula is C24H19N7O. The molecule has 0 fully saturated rings. The second-order valence-electron chi connectivity index (χ2n) is 7.03. The fraction of sp³-hybridized carbons (Fsp3) is 0. The molecule has 8 heteroatoms. The molecule has 0 atom stereocenters. The third-order valence-corrected chi connectivity index (χ3v) is 4.87. The van der Waals surface area contributed by atoms with Crippen LogP contribution in [-0.2, 0) is 0 Å². The summed E-state index contributed by atoms with van der Waals surface area (Å²) < 4.78 is 3.79. The van der Waals surface area contributed by atoms with Crippen LogP contribution >= 0.6 is 0 Å². The van der Waals surface area contributed by atoms with Crippen molar-refractivity contribution in [2.24, 2.45) is 0 Å². The Balaban J connectivity index is 1.23. The largest absolute Gasteiger partial charge is 0.340 e. The van der Waals surface area contributed by atoms with E-state index in [2.05, 4.69) is 25.6 Å². The summed E-state index contributed by atoms with van der Waals surface area (Å²) in [6, 6.07) is 20.6. The monoisotopic (exact) mass is 421 g/mol. The van der Waals surface area contributed by atoms with Crippen LogP contribution in [0.15, 0.2) is 104 Å². The Morgan fingerprint density at radius 3 is 2.28 bits per heavy atom. The molecule has 2 N–H and O–H groups in total. The second kappa shape index (κ2) is 8.57. The van der Waals surface area contributed by atoms with E-state index in [9.17, 15) is 4.79 Å². The van der Waals surface area contributed by atoms with Crippen LogP contribution in [0.2, 0.25) is 0 Å². The van der Waals surface area contributed by atoms with Gasteiger partial charge in [0.1, 0.15) is 24.3 Å². The van der Waals surface area contributed by atoms with Gasteiger partial charge in [-0.1, -0.05) is 0 Å². The maximum atomic E-state index is 12.6. The van der Waals surface area contributed by atoms with Crippen molar-refractivity contribution < 1.29 is 4.79 Å². The molecule has 0 saturated heterocycles. The first-order valence-corrected chi connectivity index (χ1v) is 9.97. The lowest BCUT2D eigenvalue weighted by Crippen LogP contribution is -2.11. The molecule has 8 nitrogen and oxygen atoms in total. The van der Waals surface area contributed by atoms with Crippen LogP contribution in [0.25, 0.3) is 11.5 Å². The number of aromatic nitrogens is 5. The molecule has 2 aromatic carbocycles. The zero-order valence-electron chi connectivity index (χ0n) is 17.0. The molecule has 0 aliphatic heterocycles. The number of amides is 1. The normalized spacial score (nSPS) is 10.6. The van der Waals surface area contributed by atoms with E-state index < -0.39 is 0 Å². The Labute approximate surface area is 184 Å². The highest BCUT2D eigenvalue weighted by atomic mass is 16.1. The first kappa shape index (κ1) is 19.3. The van der Waals surface area contributed by atoms with E-state index in [0.29, 0.717) is 22.9 Å². The summed E-state index contributed by atoms with van der Waals surface area (Å²) in [6.45, 7) is 0. The van der Waals surface area contributed by atoms with Crippen LogP contribution in [0.4, 0.5) is 17.2 Å². The van der Waals surface area contributed by atoms with E-state index >= 15 is 0 Å². The molecule has 0 unspecified atom stereocenters. The maximum Gasteiger partial charge on any atom is 0.255 e. The molecule has 0 bridgehead atoms. The quantitative estimate of drug-likeness (QED) is 0.423. The van der Waals surface area contributed by atoms with Crippen LogP contribution in [0.1, 0.15) is 10.4 Å². The van der Waals surface area contributed by atoms with E-state index in [4.69, 9.17) is 0 Å². The van der Waals surface area contributed by atoms with Gasteiger partial charge in [0.05, 0.1) is 0 Å². The minimum Gasteiger partial charge on any atom is -0.340 e. The molecule has 3 heterocycles. The number of imidazole rings is 1. The Hall–Kier alpha value is -4.72. The summed E-state index contributed by atoms with van der Waals surface area (Å²) in [5, 5.41) is 6.16. The van der Waals surface area contributed by atoms with Gasteiger partial charge >= 0.3 is 0 Å². The Morgan fingerprint density at radius 2 is 1.56 bits per heavy atom. The average Bonchev–Trinajstić information content (AvgIpc) is 3.55. The predicted molar refractivity (Wildman–Crippen MR) is 123 cm³/mol. The third kappa shape index (κ3) is 4.24. The van der Waals surface area contributed by atoms with E-state index in [0.717, 1.165) is 11.4 Å². The molecule has 0 saturated carbocycles. The zero-order chi connectivity index (χ0) is 21.8. The van der Waals surface area contributed by atoms with Crippen molar-refractivity contribution in [1.29, 1.82) is 0 Å². The number of nitrogens with zero attached hydrogens (tertiary/aromatic N) is 5. The van der Waals surface area contributed by atoms with E-state index in [-0.39, 0.29) is 5.91 Å². The molecule has 5 aromatic rings. The summed E-state index contributed by atoms with van der Waals surface area (Å²) in [6.07, 6.45) is 10.6. The number of carbonyl (C=O) groups excluding carboxylic acids is 1. The van der Waals surface area contributed by atoms with Gasteiger partial charge in [-0.2, -0.15) is 0 Å². The van der Waals surface area contributed by atoms with E-state index in [1.54, 1.807) is 17.1 Å². The van der Waals surface area contributed by atoms with E-state index in [1.165, 1.54) is 6.33 Å². The number of carbonyl (C=O) groups is 1.